The fourth-order valence-electron chi connectivity index (χ4n) is 0.197. The summed E-state index contributed by atoms with van der Waals surface area (Å²) in [6, 6.07) is 0. The van der Waals surface area contributed by atoms with Crippen LogP contribution in [0.3, 0.4) is 0 Å². The number of nitrogens with one attached hydrogen (secondary N) is 1. The van der Waals surface area contributed by atoms with Crippen LogP contribution in [-0.4, -0.2) is 27.3 Å². The SMILES string of the molecule is B/C(N=C)=N/NC. The van der Waals surface area contributed by atoms with Crippen molar-refractivity contribution in [2.24, 2.45) is 10.1 Å². The maximum atomic E-state index is 3.68. The molecule has 0 heterocycles. The Morgan fingerprint density at radius 1 is 1.86 bits per heavy atom. The highest BCUT2D eigenvalue weighted by Gasteiger charge is 1.74. The van der Waals surface area contributed by atoms with Crippen LogP contribution in [0.2, 0.25) is 0 Å². The molecule has 3 nitrogen and oxygen atoms in total. The van der Waals surface area contributed by atoms with Crippen molar-refractivity contribution in [1.82, 2.24) is 5.43 Å². The predicted octanol–water partition coefficient (Wildman–Crippen LogP) is -1.19. The van der Waals surface area contributed by atoms with Crippen molar-refractivity contribution < 1.29 is 0 Å². The van der Waals surface area contributed by atoms with Crippen molar-refractivity contribution in [2.45, 2.75) is 0 Å². The zero-order valence-corrected chi connectivity index (χ0v) is 4.60. The van der Waals surface area contributed by atoms with Crippen molar-refractivity contribution in [3.05, 3.63) is 0 Å². The normalized spacial score (nSPS) is 10.7. The second-order valence-electron chi connectivity index (χ2n) is 1.04. The molecule has 4 heteroatoms. The van der Waals surface area contributed by atoms with Gasteiger partial charge in [-0.3, -0.25) is 4.99 Å². The van der Waals surface area contributed by atoms with E-state index in [2.05, 4.69) is 22.2 Å². The summed E-state index contributed by atoms with van der Waals surface area (Å²) in [6.07, 6.45) is 0. The largest absolute Gasteiger partial charge is 0.312 e. The number of nitrogens with zero attached hydrogens (tertiary/aromatic N) is 2. The summed E-state index contributed by atoms with van der Waals surface area (Å²) in [5.41, 5.74) is 3.23. The van der Waals surface area contributed by atoms with Crippen LogP contribution < -0.4 is 5.43 Å². The summed E-state index contributed by atoms with van der Waals surface area (Å²) in [4.78, 5) is 3.52. The van der Waals surface area contributed by atoms with E-state index in [0.29, 0.717) is 5.73 Å². The first-order valence-electron chi connectivity index (χ1n) is 1.99. The van der Waals surface area contributed by atoms with Gasteiger partial charge in [0, 0.05) is 7.05 Å². The lowest BCUT2D eigenvalue weighted by Crippen LogP contribution is -2.01. The molecule has 0 saturated heterocycles. The summed E-state index contributed by atoms with van der Waals surface area (Å²) in [5.74, 6) is 0. The molecular formula is C3H8BN3. The molecule has 0 radical (unpaired) electrons. The van der Waals surface area contributed by atoms with Crippen molar-refractivity contribution >= 4 is 20.3 Å². The maximum absolute atomic E-state index is 3.68. The van der Waals surface area contributed by atoms with Gasteiger partial charge in [-0.1, -0.05) is 0 Å². The van der Waals surface area contributed by atoms with Gasteiger partial charge in [0.25, 0.3) is 0 Å². The van der Waals surface area contributed by atoms with Crippen molar-refractivity contribution in [1.29, 1.82) is 0 Å². The fraction of sp³-hybridized carbons (Fsp3) is 0.333. The van der Waals surface area contributed by atoms with Crippen molar-refractivity contribution in [2.75, 3.05) is 7.05 Å². The molecule has 7 heavy (non-hydrogen) atoms. The van der Waals surface area contributed by atoms with Gasteiger partial charge < -0.3 is 5.43 Å². The quantitative estimate of drug-likeness (QED) is 0.190. The molecule has 0 atom stereocenters. The first-order chi connectivity index (χ1) is 3.31. The molecule has 1 N–H and O–H groups in total. The van der Waals surface area contributed by atoms with E-state index in [4.69, 9.17) is 0 Å². The molecule has 0 aliphatic heterocycles. The molecule has 0 aromatic rings. The lowest BCUT2D eigenvalue weighted by Gasteiger charge is -1.86. The highest BCUT2D eigenvalue weighted by atomic mass is 15.3. The average molecular weight is 96.9 g/mol. The minimum absolute atomic E-state index is 0.655. The van der Waals surface area contributed by atoms with E-state index >= 15 is 0 Å². The van der Waals surface area contributed by atoms with E-state index < -0.39 is 0 Å². The Hall–Kier alpha value is -0.795. The average Bonchev–Trinajstić information content (AvgIpc) is 1.68. The number of rotatable bonds is 1. The molecule has 0 bridgehead atoms. The molecule has 0 aromatic carbocycles. The molecule has 0 rings (SSSR count). The van der Waals surface area contributed by atoms with Crippen molar-refractivity contribution in [3.63, 3.8) is 0 Å². The molecule has 0 spiro atoms. The monoisotopic (exact) mass is 97.1 g/mol. The van der Waals surface area contributed by atoms with E-state index in [1.165, 1.54) is 0 Å². The summed E-state index contributed by atoms with van der Waals surface area (Å²) in [7, 11) is 3.48. The minimum atomic E-state index is 0.655. The summed E-state index contributed by atoms with van der Waals surface area (Å²) >= 11 is 0. The summed E-state index contributed by atoms with van der Waals surface area (Å²) in [5, 5.41) is 3.68. The zero-order valence-electron chi connectivity index (χ0n) is 4.60. The molecule has 0 aliphatic carbocycles. The second-order valence-corrected chi connectivity index (χ2v) is 1.04. The van der Waals surface area contributed by atoms with Gasteiger partial charge in [-0.05, 0) is 6.72 Å². The van der Waals surface area contributed by atoms with Gasteiger partial charge >= 0.3 is 0 Å². The Bertz CT molecular complexity index is 88.2. The lowest BCUT2D eigenvalue weighted by atomic mass is 10.1. The molecule has 0 fully saturated rings. The van der Waals surface area contributed by atoms with Gasteiger partial charge in [-0.25, -0.2) is 0 Å². The highest BCUT2D eigenvalue weighted by molar-refractivity contribution is 6.59. The molecule has 0 amide bonds. The number of amidine groups is 1. The smallest absolute Gasteiger partial charge is 0.191 e. The van der Waals surface area contributed by atoms with Crippen LogP contribution in [0.1, 0.15) is 0 Å². The zero-order chi connectivity index (χ0) is 5.70. The number of hydrogen-bond acceptors (Lipinski definition) is 2. The van der Waals surface area contributed by atoms with Crippen LogP contribution in [-0.2, 0) is 0 Å². The topological polar surface area (TPSA) is 36.8 Å². The second kappa shape index (κ2) is 3.40. The van der Waals surface area contributed by atoms with Gasteiger partial charge in [-0.15, -0.1) is 0 Å². The third-order valence-electron chi connectivity index (χ3n) is 0.502. The van der Waals surface area contributed by atoms with Crippen LogP contribution in [0, 0.1) is 0 Å². The number of aliphatic imine (C=N–C) groups is 1. The van der Waals surface area contributed by atoms with Gasteiger partial charge in [0.15, 0.2) is 7.85 Å². The molecule has 0 unspecified atom stereocenters. The number of hydrazone groups is 1. The lowest BCUT2D eigenvalue weighted by molar-refractivity contribution is 0.903. The highest BCUT2D eigenvalue weighted by Crippen LogP contribution is 1.63. The van der Waals surface area contributed by atoms with Crippen LogP contribution >= 0.6 is 0 Å². The van der Waals surface area contributed by atoms with Crippen LogP contribution in [0.4, 0.5) is 0 Å². The van der Waals surface area contributed by atoms with Crippen LogP contribution in [0.15, 0.2) is 10.1 Å². The van der Waals surface area contributed by atoms with Crippen LogP contribution in [0.5, 0.6) is 0 Å². The Kier molecular flexibility index (Phi) is 3.01. The Morgan fingerprint density at radius 2 is 2.43 bits per heavy atom. The van der Waals surface area contributed by atoms with Gasteiger partial charge in [-0.2, -0.15) is 5.10 Å². The molecule has 0 aromatic heterocycles. The Morgan fingerprint density at radius 3 is 2.57 bits per heavy atom. The molecule has 0 aliphatic rings. The third-order valence-corrected chi connectivity index (χ3v) is 0.502. The number of hydrogen-bond donors (Lipinski definition) is 1. The van der Waals surface area contributed by atoms with Gasteiger partial charge in [0.2, 0.25) is 0 Å². The standard InChI is InChI=1S/C3H8BN3/c1-5-3(4)7-6-2/h6H,1,4H2,2H3/b7-3-. The van der Waals surface area contributed by atoms with Crippen molar-refractivity contribution in [3.8, 4) is 0 Å². The van der Waals surface area contributed by atoms with Gasteiger partial charge in [0.1, 0.15) is 0 Å². The maximum Gasteiger partial charge on any atom is 0.191 e. The minimum Gasteiger partial charge on any atom is -0.312 e. The Labute approximate surface area is 43.9 Å². The fourth-order valence-corrected chi connectivity index (χ4v) is 0.197. The predicted molar refractivity (Wildman–Crippen MR) is 34.6 cm³/mol. The third kappa shape index (κ3) is 3.02. The van der Waals surface area contributed by atoms with Crippen LogP contribution in [0.25, 0.3) is 0 Å². The first-order valence-corrected chi connectivity index (χ1v) is 1.99. The van der Waals surface area contributed by atoms with E-state index in [1.807, 2.05) is 0 Å². The van der Waals surface area contributed by atoms with Gasteiger partial charge in [0.05, 0.1) is 5.73 Å². The van der Waals surface area contributed by atoms with E-state index in [0.717, 1.165) is 0 Å². The van der Waals surface area contributed by atoms with E-state index in [1.54, 1.807) is 14.9 Å². The van der Waals surface area contributed by atoms with E-state index in [9.17, 15) is 0 Å². The summed E-state index contributed by atoms with van der Waals surface area (Å²) in [6.45, 7) is 3.26. The van der Waals surface area contributed by atoms with E-state index in [-0.39, 0.29) is 0 Å². The Balaban J connectivity index is 3.49. The summed E-state index contributed by atoms with van der Waals surface area (Å²) < 4.78 is 0. The first kappa shape index (κ1) is 6.20. The molecular weight excluding hydrogens is 88.9 g/mol. The molecule has 0 saturated carbocycles. The molecule has 38 valence electrons.